The van der Waals surface area contributed by atoms with Crippen molar-refractivity contribution in [1.29, 1.82) is 0 Å². The van der Waals surface area contributed by atoms with E-state index >= 15 is 0 Å². The van der Waals surface area contributed by atoms with E-state index in [1.807, 2.05) is 13.0 Å². The van der Waals surface area contributed by atoms with Crippen LogP contribution in [0.1, 0.15) is 26.7 Å². The highest BCUT2D eigenvalue weighted by Gasteiger charge is 1.81. The summed E-state index contributed by atoms with van der Waals surface area (Å²) in [6, 6.07) is 0. The monoisotopic (exact) mass is 177 g/mol. The Morgan fingerprint density at radius 1 is 1.31 bits per heavy atom. The molecule has 0 aromatic heterocycles. The summed E-state index contributed by atoms with van der Waals surface area (Å²) in [5.74, 6) is 0. The second-order valence-electron chi connectivity index (χ2n) is 3.18. The minimum Gasteiger partial charge on any atom is -0.405 e. The lowest BCUT2D eigenvalue weighted by Crippen LogP contribution is -1.75. The molecule has 0 unspecified atom stereocenters. The van der Waals surface area contributed by atoms with Crippen LogP contribution in [0.5, 0.6) is 0 Å². The van der Waals surface area contributed by atoms with Crippen LogP contribution in [0.25, 0.3) is 0 Å². The molecule has 0 spiro atoms. The van der Waals surface area contributed by atoms with Crippen LogP contribution in [0, 0.1) is 0 Å². The number of rotatable bonds is 5. The van der Waals surface area contributed by atoms with Crippen LogP contribution in [0.3, 0.4) is 0 Å². The predicted molar refractivity (Wildman–Crippen MR) is 60.3 cm³/mol. The zero-order valence-electron chi connectivity index (χ0n) is 8.59. The maximum absolute atomic E-state index is 5.22. The first-order chi connectivity index (χ1) is 6.16. The van der Waals surface area contributed by atoms with Gasteiger partial charge in [0.2, 0.25) is 0 Å². The van der Waals surface area contributed by atoms with E-state index in [0.717, 1.165) is 12.8 Å². The van der Waals surface area contributed by atoms with Crippen molar-refractivity contribution in [3.8, 4) is 0 Å². The molecule has 0 atom stereocenters. The van der Waals surface area contributed by atoms with Gasteiger partial charge in [0.05, 0.1) is 0 Å². The molecule has 0 fully saturated rings. The highest BCUT2D eigenvalue weighted by Crippen LogP contribution is 2.02. The van der Waals surface area contributed by atoms with Gasteiger partial charge in [-0.05, 0) is 32.9 Å². The molecular weight excluding hydrogens is 158 g/mol. The van der Waals surface area contributed by atoms with Crippen molar-refractivity contribution in [3.63, 3.8) is 0 Å². The summed E-state index contributed by atoms with van der Waals surface area (Å²) in [5.41, 5.74) is 7.66. The van der Waals surface area contributed by atoms with Gasteiger partial charge in [-0.15, -0.1) is 0 Å². The predicted octanol–water partition coefficient (Wildman–Crippen LogP) is 3.32. The van der Waals surface area contributed by atoms with Crippen molar-refractivity contribution in [3.05, 3.63) is 48.2 Å². The summed E-state index contributed by atoms with van der Waals surface area (Å²) < 4.78 is 0. The molecule has 0 heterocycles. The normalized spacial score (nSPS) is 12.9. The third-order valence-electron chi connectivity index (χ3n) is 1.56. The van der Waals surface area contributed by atoms with Crippen molar-refractivity contribution in [2.24, 2.45) is 5.73 Å². The summed E-state index contributed by atoms with van der Waals surface area (Å²) >= 11 is 0. The Morgan fingerprint density at radius 3 is 2.54 bits per heavy atom. The Bertz CT molecular complexity index is 232. The summed E-state index contributed by atoms with van der Waals surface area (Å²) in [7, 11) is 0. The van der Waals surface area contributed by atoms with Crippen LogP contribution < -0.4 is 5.73 Å². The topological polar surface area (TPSA) is 26.0 Å². The van der Waals surface area contributed by atoms with Crippen molar-refractivity contribution in [2.45, 2.75) is 26.7 Å². The van der Waals surface area contributed by atoms with Gasteiger partial charge >= 0.3 is 0 Å². The van der Waals surface area contributed by atoms with Gasteiger partial charge < -0.3 is 5.73 Å². The first-order valence-electron chi connectivity index (χ1n) is 4.51. The Morgan fingerprint density at radius 2 is 2.00 bits per heavy atom. The molecule has 0 radical (unpaired) electrons. The molecule has 0 rings (SSSR count). The van der Waals surface area contributed by atoms with Gasteiger partial charge in [0, 0.05) is 0 Å². The zero-order chi connectivity index (χ0) is 10.1. The largest absolute Gasteiger partial charge is 0.405 e. The Labute approximate surface area is 81.3 Å². The van der Waals surface area contributed by atoms with E-state index in [4.69, 9.17) is 5.73 Å². The average Bonchev–Trinajstić information content (AvgIpc) is 2.04. The second-order valence-corrected chi connectivity index (χ2v) is 3.18. The molecule has 0 bridgehead atoms. The zero-order valence-corrected chi connectivity index (χ0v) is 8.59. The first kappa shape index (κ1) is 11.8. The van der Waals surface area contributed by atoms with E-state index in [0.29, 0.717) is 0 Å². The van der Waals surface area contributed by atoms with Crippen molar-refractivity contribution >= 4 is 0 Å². The lowest BCUT2D eigenvalue weighted by atomic mass is 10.2. The molecule has 72 valence electrons. The van der Waals surface area contributed by atoms with E-state index in [9.17, 15) is 0 Å². The van der Waals surface area contributed by atoms with E-state index in [-0.39, 0.29) is 0 Å². The third-order valence-corrected chi connectivity index (χ3v) is 1.56. The van der Waals surface area contributed by atoms with Crippen LogP contribution in [0.15, 0.2) is 48.2 Å². The van der Waals surface area contributed by atoms with Gasteiger partial charge in [0.15, 0.2) is 0 Å². The van der Waals surface area contributed by atoms with E-state index in [1.54, 1.807) is 6.20 Å². The van der Waals surface area contributed by atoms with Gasteiger partial charge in [-0.25, -0.2) is 0 Å². The van der Waals surface area contributed by atoms with Gasteiger partial charge in [0.25, 0.3) is 0 Å². The fourth-order valence-electron chi connectivity index (χ4n) is 0.847. The van der Waals surface area contributed by atoms with Gasteiger partial charge in [-0.1, -0.05) is 42.0 Å². The molecular formula is C12H19N. The van der Waals surface area contributed by atoms with Crippen LogP contribution in [0.2, 0.25) is 0 Å². The number of hydrogen-bond acceptors (Lipinski definition) is 1. The maximum atomic E-state index is 5.22. The van der Waals surface area contributed by atoms with Crippen molar-refractivity contribution in [2.75, 3.05) is 0 Å². The minimum absolute atomic E-state index is 0.903. The maximum Gasteiger partial charge on any atom is -0.00999 e. The molecule has 2 N–H and O–H groups in total. The minimum atomic E-state index is 0.903. The second kappa shape index (κ2) is 7.41. The van der Waals surface area contributed by atoms with Gasteiger partial charge in [-0.3, -0.25) is 0 Å². The molecule has 0 aliphatic rings. The Hall–Kier alpha value is -1.24. The van der Waals surface area contributed by atoms with Crippen molar-refractivity contribution < 1.29 is 0 Å². The molecule has 0 aliphatic heterocycles. The molecule has 0 aliphatic carbocycles. The molecule has 0 saturated heterocycles. The van der Waals surface area contributed by atoms with Crippen LogP contribution >= 0.6 is 0 Å². The molecule has 0 saturated carbocycles. The fraction of sp³-hybridized carbons (Fsp3) is 0.333. The Kier molecular flexibility index (Phi) is 6.70. The standard InChI is InChI=1S/C12H19N/c1-11(2)7-6-9-12(3)8-4-5-10-13/h5-6,8-10H,1,4,7,13H2,2-3H3/b9-6-,10-5-,12-8-. The fourth-order valence-corrected chi connectivity index (χ4v) is 0.847. The SMILES string of the molecule is C=C(C)C/C=C\C(C)=C/C/C=C\N. The average molecular weight is 177 g/mol. The molecule has 0 aromatic carbocycles. The van der Waals surface area contributed by atoms with Crippen molar-refractivity contribution in [1.82, 2.24) is 0 Å². The third kappa shape index (κ3) is 8.67. The van der Waals surface area contributed by atoms with E-state index in [1.165, 1.54) is 11.1 Å². The molecule has 13 heavy (non-hydrogen) atoms. The van der Waals surface area contributed by atoms with Crippen LogP contribution in [-0.4, -0.2) is 0 Å². The molecule has 0 amide bonds. The summed E-state index contributed by atoms with van der Waals surface area (Å²) in [6.45, 7) is 7.94. The highest BCUT2D eigenvalue weighted by atomic mass is 14.5. The first-order valence-corrected chi connectivity index (χ1v) is 4.51. The van der Waals surface area contributed by atoms with E-state index < -0.39 is 0 Å². The van der Waals surface area contributed by atoms with Crippen LogP contribution in [-0.2, 0) is 0 Å². The number of hydrogen-bond donors (Lipinski definition) is 1. The molecule has 1 heteroatoms. The lowest BCUT2D eigenvalue weighted by molar-refractivity contribution is 1.22. The van der Waals surface area contributed by atoms with Gasteiger partial charge in [-0.2, -0.15) is 0 Å². The smallest absolute Gasteiger partial charge is 0.00999 e. The van der Waals surface area contributed by atoms with Gasteiger partial charge in [0.1, 0.15) is 0 Å². The quantitative estimate of drug-likeness (QED) is 0.506. The van der Waals surface area contributed by atoms with E-state index in [2.05, 4.69) is 31.7 Å². The summed E-state index contributed by atoms with van der Waals surface area (Å²) in [4.78, 5) is 0. The van der Waals surface area contributed by atoms with Crippen LogP contribution in [0.4, 0.5) is 0 Å². The number of nitrogens with two attached hydrogens (primary N) is 1. The number of allylic oxidation sites excluding steroid dienone is 6. The lowest BCUT2D eigenvalue weighted by Gasteiger charge is -1.92. The summed E-state index contributed by atoms with van der Waals surface area (Å²) in [5, 5.41) is 0. The molecule has 1 nitrogen and oxygen atoms in total. The highest BCUT2D eigenvalue weighted by molar-refractivity contribution is 5.18. The Balaban J connectivity index is 3.83. The molecule has 0 aromatic rings. The summed E-state index contributed by atoms with van der Waals surface area (Å²) in [6.07, 6.45) is 11.7.